The molecule has 0 fully saturated rings. The van der Waals surface area contributed by atoms with Gasteiger partial charge in [0.15, 0.2) is 6.10 Å². The number of hydrogen-bond acceptors (Lipinski definition) is 4. The Morgan fingerprint density at radius 2 is 1.43 bits per heavy atom. The Balaban J connectivity index is 1.75. The van der Waals surface area contributed by atoms with E-state index in [1.165, 1.54) is 0 Å². The van der Waals surface area contributed by atoms with Gasteiger partial charge in [0.05, 0.1) is 16.8 Å². The average Bonchev–Trinajstić information content (AvgIpc) is 2.79. The summed E-state index contributed by atoms with van der Waals surface area (Å²) in [5.41, 5.74) is 4.03. The topological polar surface area (TPSA) is 56.3 Å². The average molecular weight is 395 g/mol. The molecule has 0 unspecified atom stereocenters. The van der Waals surface area contributed by atoms with Crippen LogP contribution < -0.4 is 0 Å². The Labute approximate surface area is 175 Å². The lowest BCUT2D eigenvalue weighted by atomic mass is 9.97. The Hall–Kier alpha value is -3.79. The Bertz CT molecular complexity index is 1220. The van der Waals surface area contributed by atoms with Gasteiger partial charge in [0, 0.05) is 16.5 Å². The van der Waals surface area contributed by atoms with E-state index in [1.54, 1.807) is 31.2 Å². The van der Waals surface area contributed by atoms with E-state index < -0.39 is 12.1 Å². The maximum atomic E-state index is 13.2. The maximum Gasteiger partial charge on any atom is 0.339 e. The fourth-order valence-electron chi connectivity index (χ4n) is 3.56. The van der Waals surface area contributed by atoms with Crippen molar-refractivity contribution in [1.29, 1.82) is 0 Å². The van der Waals surface area contributed by atoms with Crippen LogP contribution in [-0.4, -0.2) is 22.8 Å². The van der Waals surface area contributed by atoms with Crippen LogP contribution in [0, 0.1) is 6.92 Å². The number of carbonyl (C=O) groups excluding carboxylic acids is 2. The SMILES string of the molecule is Cc1c(-c2ccccc2)nc2ccccc2c1C(=O)O[C@H](C)C(=O)c1ccccc1. The molecule has 0 bridgehead atoms. The number of para-hydroxylation sites is 1. The molecule has 1 atom stereocenters. The monoisotopic (exact) mass is 395 g/mol. The molecule has 0 aliphatic rings. The van der Waals surface area contributed by atoms with Crippen LogP contribution in [0.4, 0.5) is 0 Å². The largest absolute Gasteiger partial charge is 0.451 e. The van der Waals surface area contributed by atoms with E-state index in [4.69, 9.17) is 9.72 Å². The van der Waals surface area contributed by atoms with Crippen molar-refractivity contribution in [3.63, 3.8) is 0 Å². The van der Waals surface area contributed by atoms with Crippen LogP contribution in [0.3, 0.4) is 0 Å². The van der Waals surface area contributed by atoms with Gasteiger partial charge >= 0.3 is 5.97 Å². The van der Waals surface area contributed by atoms with Crippen molar-refractivity contribution < 1.29 is 14.3 Å². The number of esters is 1. The molecular formula is C26H21NO3. The van der Waals surface area contributed by atoms with E-state index in [0.29, 0.717) is 22.0 Å². The molecule has 3 aromatic carbocycles. The highest BCUT2D eigenvalue weighted by Gasteiger charge is 2.24. The number of fused-ring (bicyclic) bond motifs is 1. The minimum Gasteiger partial charge on any atom is -0.451 e. The summed E-state index contributed by atoms with van der Waals surface area (Å²) in [5, 5.41) is 0.707. The zero-order valence-electron chi connectivity index (χ0n) is 16.8. The summed E-state index contributed by atoms with van der Waals surface area (Å²) >= 11 is 0. The molecule has 0 spiro atoms. The van der Waals surface area contributed by atoms with E-state index in [1.807, 2.05) is 67.6 Å². The van der Waals surface area contributed by atoms with Gasteiger partial charge in [0.1, 0.15) is 0 Å². The fourth-order valence-corrected chi connectivity index (χ4v) is 3.56. The predicted molar refractivity (Wildman–Crippen MR) is 118 cm³/mol. The molecule has 4 aromatic rings. The smallest absolute Gasteiger partial charge is 0.339 e. The van der Waals surface area contributed by atoms with Crippen LogP contribution in [-0.2, 0) is 4.74 Å². The molecule has 0 N–H and O–H groups in total. The van der Waals surface area contributed by atoms with E-state index in [0.717, 1.165) is 16.8 Å². The molecule has 1 aromatic heterocycles. The van der Waals surface area contributed by atoms with Crippen molar-refractivity contribution in [2.75, 3.05) is 0 Å². The molecule has 0 aliphatic heterocycles. The van der Waals surface area contributed by atoms with Gasteiger partial charge in [-0.15, -0.1) is 0 Å². The highest BCUT2D eigenvalue weighted by molar-refractivity contribution is 6.08. The molecule has 4 nitrogen and oxygen atoms in total. The summed E-state index contributed by atoms with van der Waals surface area (Å²) in [5.74, 6) is -0.761. The molecule has 0 aliphatic carbocycles. The Morgan fingerprint density at radius 3 is 2.13 bits per heavy atom. The molecular weight excluding hydrogens is 374 g/mol. The van der Waals surface area contributed by atoms with Gasteiger partial charge in [-0.2, -0.15) is 0 Å². The Kier molecular flexibility index (Phi) is 5.40. The molecule has 148 valence electrons. The van der Waals surface area contributed by atoms with E-state index >= 15 is 0 Å². The molecule has 4 rings (SSSR count). The van der Waals surface area contributed by atoms with Gasteiger partial charge in [0.2, 0.25) is 5.78 Å². The summed E-state index contributed by atoms with van der Waals surface area (Å²) in [6.07, 6.45) is -0.897. The third-order valence-corrected chi connectivity index (χ3v) is 5.10. The number of aromatic nitrogens is 1. The second-order valence-electron chi connectivity index (χ2n) is 7.12. The number of carbonyl (C=O) groups is 2. The fraction of sp³-hybridized carbons (Fsp3) is 0.115. The highest BCUT2D eigenvalue weighted by atomic mass is 16.5. The second kappa shape index (κ2) is 8.29. The number of pyridine rings is 1. The van der Waals surface area contributed by atoms with E-state index in [-0.39, 0.29) is 5.78 Å². The van der Waals surface area contributed by atoms with Crippen LogP contribution >= 0.6 is 0 Å². The van der Waals surface area contributed by atoms with Gasteiger partial charge in [-0.3, -0.25) is 4.79 Å². The number of Topliss-reactive ketones (excluding diaryl/α,β-unsaturated/α-hetero) is 1. The number of hydrogen-bond donors (Lipinski definition) is 0. The van der Waals surface area contributed by atoms with Gasteiger partial charge in [0.25, 0.3) is 0 Å². The highest BCUT2D eigenvalue weighted by Crippen LogP contribution is 2.30. The zero-order chi connectivity index (χ0) is 21.1. The first-order valence-electron chi connectivity index (χ1n) is 9.81. The summed E-state index contributed by atoms with van der Waals surface area (Å²) in [7, 11) is 0. The van der Waals surface area contributed by atoms with Crippen molar-refractivity contribution in [1.82, 2.24) is 4.98 Å². The van der Waals surface area contributed by atoms with Gasteiger partial charge in [-0.25, -0.2) is 9.78 Å². The molecule has 0 radical (unpaired) electrons. The molecule has 1 heterocycles. The quantitative estimate of drug-likeness (QED) is 0.324. The first-order chi connectivity index (χ1) is 14.6. The van der Waals surface area contributed by atoms with Gasteiger partial charge < -0.3 is 4.74 Å². The number of ketones is 1. The Morgan fingerprint density at radius 1 is 0.833 bits per heavy atom. The first kappa shape index (κ1) is 19.5. The third-order valence-electron chi connectivity index (χ3n) is 5.10. The molecule has 0 saturated carbocycles. The molecule has 0 saturated heterocycles. The van der Waals surface area contributed by atoms with E-state index in [9.17, 15) is 9.59 Å². The minimum atomic E-state index is -0.897. The van der Waals surface area contributed by atoms with Crippen LogP contribution in [0.2, 0.25) is 0 Å². The van der Waals surface area contributed by atoms with Gasteiger partial charge in [-0.05, 0) is 25.5 Å². The van der Waals surface area contributed by atoms with E-state index in [2.05, 4.69) is 0 Å². The van der Waals surface area contributed by atoms with Crippen LogP contribution in [0.25, 0.3) is 22.2 Å². The number of ether oxygens (including phenoxy) is 1. The van der Waals surface area contributed by atoms with Crippen molar-refractivity contribution in [3.05, 3.63) is 102 Å². The van der Waals surface area contributed by atoms with Crippen LogP contribution in [0.5, 0.6) is 0 Å². The maximum absolute atomic E-state index is 13.2. The predicted octanol–water partition coefficient (Wildman–Crippen LogP) is 5.64. The lowest BCUT2D eigenvalue weighted by Crippen LogP contribution is -2.25. The van der Waals surface area contributed by atoms with Crippen molar-refractivity contribution in [2.24, 2.45) is 0 Å². The summed E-state index contributed by atoms with van der Waals surface area (Å²) in [4.78, 5) is 30.6. The number of rotatable bonds is 5. The van der Waals surface area contributed by atoms with Crippen LogP contribution in [0.1, 0.15) is 33.2 Å². The first-order valence-corrected chi connectivity index (χ1v) is 9.81. The minimum absolute atomic E-state index is 0.233. The van der Waals surface area contributed by atoms with Crippen LogP contribution in [0.15, 0.2) is 84.9 Å². The lowest BCUT2D eigenvalue weighted by molar-refractivity contribution is 0.0320. The standard InChI is InChI=1S/C26H21NO3/c1-17-23(26(29)30-18(2)25(28)20-13-7-4-8-14-20)21-15-9-10-16-22(21)27-24(17)19-11-5-3-6-12-19/h3-16,18H,1-2H3/t18-/m1/s1. The molecule has 0 amide bonds. The second-order valence-corrected chi connectivity index (χ2v) is 7.12. The number of benzene rings is 3. The third kappa shape index (κ3) is 3.72. The summed E-state index contributed by atoms with van der Waals surface area (Å²) in [6.45, 7) is 3.46. The van der Waals surface area contributed by atoms with Crippen molar-refractivity contribution in [2.45, 2.75) is 20.0 Å². The van der Waals surface area contributed by atoms with Crippen molar-refractivity contribution >= 4 is 22.7 Å². The molecule has 30 heavy (non-hydrogen) atoms. The summed E-state index contributed by atoms with van der Waals surface area (Å²) in [6, 6.07) is 26.0. The van der Waals surface area contributed by atoms with Crippen molar-refractivity contribution in [3.8, 4) is 11.3 Å². The number of nitrogens with zero attached hydrogens (tertiary/aromatic N) is 1. The lowest BCUT2D eigenvalue weighted by Gasteiger charge is -2.17. The van der Waals surface area contributed by atoms with Gasteiger partial charge in [-0.1, -0.05) is 78.9 Å². The normalized spacial score (nSPS) is 11.8. The summed E-state index contributed by atoms with van der Waals surface area (Å²) < 4.78 is 5.62. The molecule has 4 heteroatoms. The zero-order valence-corrected chi connectivity index (χ0v) is 16.8.